The number of benzene rings is 2. The number of fused-ring (bicyclic) bond motifs is 1. The summed E-state index contributed by atoms with van der Waals surface area (Å²) in [6, 6.07) is 13.5. The fourth-order valence-electron chi connectivity index (χ4n) is 4.29. The average Bonchev–Trinajstić information content (AvgIpc) is 3.18. The van der Waals surface area contributed by atoms with E-state index >= 15 is 0 Å². The third kappa shape index (κ3) is 5.50. The number of carbonyl (C=O) groups is 1. The van der Waals surface area contributed by atoms with Gasteiger partial charge in [0.2, 0.25) is 6.54 Å². The standard InChI is InChI=1S/C25H30N2O5S/c1-3-4-5-6-9-20(18-28)23(17-27(29)30)24-16-26(25-11-8-7-10-22(24)25)33(31,32)21-14-12-19(2)13-15-21/h7-8,10-16,18,20,23H,3-6,9,17H2,1-2H3. The van der Waals surface area contributed by atoms with Gasteiger partial charge in [0.15, 0.2) is 0 Å². The minimum Gasteiger partial charge on any atom is -0.303 e. The molecular formula is C25H30N2O5S. The predicted molar refractivity (Wildman–Crippen MR) is 129 cm³/mol. The Morgan fingerprint density at radius 1 is 1.06 bits per heavy atom. The zero-order chi connectivity index (χ0) is 24.0. The lowest BCUT2D eigenvalue weighted by Gasteiger charge is -2.19. The third-order valence-electron chi connectivity index (χ3n) is 6.11. The molecule has 0 fully saturated rings. The molecule has 0 bridgehead atoms. The summed E-state index contributed by atoms with van der Waals surface area (Å²) < 4.78 is 28.1. The Labute approximate surface area is 194 Å². The summed E-state index contributed by atoms with van der Waals surface area (Å²) in [6.45, 7) is 3.54. The van der Waals surface area contributed by atoms with E-state index in [1.807, 2.05) is 6.92 Å². The highest BCUT2D eigenvalue weighted by atomic mass is 32.2. The number of para-hydroxylation sites is 1. The first-order valence-electron chi connectivity index (χ1n) is 11.3. The molecule has 176 valence electrons. The van der Waals surface area contributed by atoms with Crippen molar-refractivity contribution < 1.29 is 18.1 Å². The molecule has 33 heavy (non-hydrogen) atoms. The molecule has 0 aliphatic rings. The molecule has 1 heterocycles. The normalized spacial score (nSPS) is 13.6. The maximum atomic E-state index is 13.5. The van der Waals surface area contributed by atoms with E-state index in [1.165, 1.54) is 10.2 Å². The van der Waals surface area contributed by atoms with Gasteiger partial charge in [-0.05, 0) is 37.1 Å². The maximum Gasteiger partial charge on any atom is 0.268 e. The lowest BCUT2D eigenvalue weighted by Crippen LogP contribution is -2.22. The highest BCUT2D eigenvalue weighted by molar-refractivity contribution is 7.90. The minimum atomic E-state index is -3.92. The Kier molecular flexibility index (Phi) is 8.02. The molecule has 3 rings (SSSR count). The number of hydrogen-bond acceptors (Lipinski definition) is 5. The van der Waals surface area contributed by atoms with Crippen LogP contribution >= 0.6 is 0 Å². The number of nitro groups is 1. The van der Waals surface area contributed by atoms with Gasteiger partial charge in [0, 0.05) is 22.4 Å². The van der Waals surface area contributed by atoms with Gasteiger partial charge in [-0.2, -0.15) is 0 Å². The van der Waals surface area contributed by atoms with Crippen LogP contribution in [0.1, 0.15) is 56.1 Å². The Bertz CT molecular complexity index is 1220. The quantitative estimate of drug-likeness (QED) is 0.154. The van der Waals surface area contributed by atoms with Crippen molar-refractivity contribution in [2.24, 2.45) is 5.92 Å². The molecule has 0 radical (unpaired) electrons. The van der Waals surface area contributed by atoms with Crippen LogP contribution in [0.15, 0.2) is 59.6 Å². The number of carbonyl (C=O) groups excluding carboxylic acids is 1. The van der Waals surface area contributed by atoms with Crippen molar-refractivity contribution in [1.29, 1.82) is 0 Å². The smallest absolute Gasteiger partial charge is 0.268 e. The van der Waals surface area contributed by atoms with Crippen LogP contribution in [0.3, 0.4) is 0 Å². The van der Waals surface area contributed by atoms with Crippen LogP contribution in [0.4, 0.5) is 0 Å². The van der Waals surface area contributed by atoms with Crippen molar-refractivity contribution in [2.45, 2.75) is 56.8 Å². The summed E-state index contributed by atoms with van der Waals surface area (Å²) in [7, 11) is -3.92. The summed E-state index contributed by atoms with van der Waals surface area (Å²) in [5.41, 5.74) is 1.90. The molecule has 7 nitrogen and oxygen atoms in total. The molecule has 0 saturated carbocycles. The Hall–Kier alpha value is -3.00. The molecule has 3 aromatic rings. The number of aldehydes is 1. The van der Waals surface area contributed by atoms with Gasteiger partial charge >= 0.3 is 0 Å². The monoisotopic (exact) mass is 470 g/mol. The van der Waals surface area contributed by atoms with Gasteiger partial charge in [-0.1, -0.05) is 68.5 Å². The molecule has 0 aliphatic carbocycles. The number of aryl methyl sites for hydroxylation is 1. The van der Waals surface area contributed by atoms with Crippen molar-refractivity contribution in [1.82, 2.24) is 3.97 Å². The van der Waals surface area contributed by atoms with Crippen molar-refractivity contribution in [3.05, 3.63) is 76.0 Å². The third-order valence-corrected chi connectivity index (χ3v) is 7.80. The SMILES string of the molecule is CCCCCCC(C=O)C(C[N+](=O)[O-])c1cn(S(=O)(=O)c2ccc(C)cc2)c2ccccc12. The molecule has 0 aliphatic heterocycles. The van der Waals surface area contributed by atoms with Crippen molar-refractivity contribution in [2.75, 3.05) is 6.54 Å². The van der Waals surface area contributed by atoms with Gasteiger partial charge in [0.05, 0.1) is 16.3 Å². The second-order valence-corrected chi connectivity index (χ2v) is 10.3. The Balaban J connectivity index is 2.11. The zero-order valence-electron chi connectivity index (χ0n) is 19.0. The van der Waals surface area contributed by atoms with Gasteiger partial charge in [-0.3, -0.25) is 10.1 Å². The molecule has 0 amide bonds. The minimum absolute atomic E-state index is 0.137. The number of nitrogens with zero attached hydrogens (tertiary/aromatic N) is 2. The zero-order valence-corrected chi connectivity index (χ0v) is 19.8. The maximum absolute atomic E-state index is 13.5. The van der Waals surface area contributed by atoms with Gasteiger partial charge in [-0.15, -0.1) is 0 Å². The lowest BCUT2D eigenvalue weighted by molar-refractivity contribution is -0.484. The summed E-state index contributed by atoms with van der Waals surface area (Å²) in [6.07, 6.45) is 6.64. The van der Waals surface area contributed by atoms with Crippen molar-refractivity contribution in [3.8, 4) is 0 Å². The summed E-state index contributed by atoms with van der Waals surface area (Å²) in [4.78, 5) is 23.3. The van der Waals surface area contributed by atoms with Crippen LogP contribution in [0.25, 0.3) is 10.9 Å². The van der Waals surface area contributed by atoms with E-state index in [9.17, 15) is 23.3 Å². The summed E-state index contributed by atoms with van der Waals surface area (Å²) >= 11 is 0. The molecule has 2 aromatic carbocycles. The summed E-state index contributed by atoms with van der Waals surface area (Å²) in [5.74, 6) is -1.27. The number of hydrogen-bond donors (Lipinski definition) is 0. The molecule has 0 spiro atoms. The highest BCUT2D eigenvalue weighted by Gasteiger charge is 2.32. The van der Waals surface area contributed by atoms with Gasteiger partial charge in [-0.25, -0.2) is 12.4 Å². The van der Waals surface area contributed by atoms with E-state index in [-0.39, 0.29) is 4.90 Å². The number of aromatic nitrogens is 1. The number of unbranched alkanes of at least 4 members (excludes halogenated alkanes) is 3. The average molecular weight is 471 g/mol. The fraction of sp³-hybridized carbons (Fsp3) is 0.400. The second-order valence-electron chi connectivity index (χ2n) is 8.49. The van der Waals surface area contributed by atoms with E-state index in [2.05, 4.69) is 6.92 Å². The molecular weight excluding hydrogens is 440 g/mol. The molecule has 2 atom stereocenters. The van der Waals surface area contributed by atoms with Crippen LogP contribution < -0.4 is 0 Å². The Morgan fingerprint density at radius 3 is 2.39 bits per heavy atom. The first-order valence-corrected chi connectivity index (χ1v) is 12.7. The van der Waals surface area contributed by atoms with E-state index in [4.69, 9.17) is 0 Å². The second kappa shape index (κ2) is 10.7. The molecule has 1 aromatic heterocycles. The largest absolute Gasteiger partial charge is 0.303 e. The van der Waals surface area contributed by atoms with E-state index in [0.717, 1.165) is 37.5 Å². The first-order chi connectivity index (χ1) is 15.8. The molecule has 0 saturated heterocycles. The van der Waals surface area contributed by atoms with Crippen LogP contribution in [-0.4, -0.2) is 30.1 Å². The predicted octanol–water partition coefficient (Wildman–Crippen LogP) is 5.33. The topological polar surface area (TPSA) is 99.3 Å². The molecule has 8 heteroatoms. The van der Waals surface area contributed by atoms with Crippen LogP contribution in [0, 0.1) is 23.0 Å². The van der Waals surface area contributed by atoms with Crippen LogP contribution in [0.2, 0.25) is 0 Å². The number of rotatable bonds is 12. The van der Waals surface area contributed by atoms with Crippen LogP contribution in [-0.2, 0) is 14.8 Å². The van der Waals surface area contributed by atoms with Crippen molar-refractivity contribution >= 4 is 27.2 Å². The summed E-state index contributed by atoms with van der Waals surface area (Å²) in [5, 5.41) is 12.1. The van der Waals surface area contributed by atoms with Gasteiger partial charge in [0.1, 0.15) is 6.29 Å². The lowest BCUT2D eigenvalue weighted by atomic mass is 9.83. The highest BCUT2D eigenvalue weighted by Crippen LogP contribution is 2.36. The molecule has 2 unspecified atom stereocenters. The van der Waals surface area contributed by atoms with Gasteiger partial charge < -0.3 is 4.79 Å². The van der Waals surface area contributed by atoms with Crippen molar-refractivity contribution in [3.63, 3.8) is 0 Å². The van der Waals surface area contributed by atoms with Crippen LogP contribution in [0.5, 0.6) is 0 Å². The van der Waals surface area contributed by atoms with E-state index in [1.54, 1.807) is 48.5 Å². The fourth-order valence-corrected chi connectivity index (χ4v) is 5.67. The van der Waals surface area contributed by atoms with E-state index < -0.39 is 33.3 Å². The first kappa shape index (κ1) is 24.6. The Morgan fingerprint density at radius 2 is 1.76 bits per heavy atom. The van der Waals surface area contributed by atoms with Gasteiger partial charge in [0.25, 0.3) is 10.0 Å². The van der Waals surface area contributed by atoms with E-state index in [0.29, 0.717) is 22.9 Å². The molecule has 0 N–H and O–H groups in total.